The van der Waals surface area contributed by atoms with Crippen LogP contribution < -0.4 is 16.2 Å². The predicted octanol–water partition coefficient (Wildman–Crippen LogP) is 2.07. The third-order valence-electron chi connectivity index (χ3n) is 4.32. The first-order chi connectivity index (χ1) is 9.60. The van der Waals surface area contributed by atoms with Gasteiger partial charge in [-0.1, -0.05) is 6.42 Å². The number of aryl methyl sites for hydroxylation is 2. The van der Waals surface area contributed by atoms with Crippen molar-refractivity contribution in [1.29, 1.82) is 0 Å². The summed E-state index contributed by atoms with van der Waals surface area (Å²) in [5.41, 5.74) is 7.83. The Balaban J connectivity index is 1.49. The second kappa shape index (κ2) is 5.52. The van der Waals surface area contributed by atoms with Crippen LogP contribution in [0.1, 0.15) is 37.1 Å². The van der Waals surface area contributed by atoms with E-state index in [2.05, 4.69) is 26.1 Å². The van der Waals surface area contributed by atoms with Crippen molar-refractivity contribution in [1.82, 2.24) is 20.7 Å². The van der Waals surface area contributed by atoms with Gasteiger partial charge in [0.25, 0.3) is 0 Å². The fourth-order valence-corrected chi connectivity index (χ4v) is 3.72. The van der Waals surface area contributed by atoms with E-state index < -0.39 is 0 Å². The third kappa shape index (κ3) is 3.00. The number of thiocarbonyl (C=S) groups is 1. The minimum Gasteiger partial charge on any atom is -0.358 e. The van der Waals surface area contributed by atoms with Crippen LogP contribution in [0.4, 0.5) is 5.95 Å². The van der Waals surface area contributed by atoms with Crippen LogP contribution in [0.2, 0.25) is 0 Å². The van der Waals surface area contributed by atoms with Gasteiger partial charge >= 0.3 is 0 Å². The number of hydrogen-bond donors (Lipinski definition) is 3. The molecule has 6 heteroatoms. The molecular formula is C14H21N5S. The summed E-state index contributed by atoms with van der Waals surface area (Å²) in [4.78, 5) is 8.61. The summed E-state index contributed by atoms with van der Waals surface area (Å²) in [6.07, 6.45) is 5.37. The molecule has 1 aromatic rings. The molecule has 1 heterocycles. The van der Waals surface area contributed by atoms with E-state index >= 15 is 0 Å². The average Bonchev–Trinajstić information content (AvgIpc) is 2.97. The second-order valence-corrected chi connectivity index (χ2v) is 6.39. The van der Waals surface area contributed by atoms with E-state index in [1.54, 1.807) is 0 Å². The Bertz CT molecular complexity index is 498. The Morgan fingerprint density at radius 3 is 2.55 bits per heavy atom. The standard InChI is InChI=1S/C14H21N5S/c1-8-5-9(2)16-13(15-8)18-19-14(20)17-12-7-10-3-4-11(12)6-10/h5,10-12H,3-4,6-7H2,1-2H3,(H,15,16,18)(H2,17,19,20)/t10-,11-,12-/m0/s1. The van der Waals surface area contributed by atoms with E-state index in [0.29, 0.717) is 17.1 Å². The lowest BCUT2D eigenvalue weighted by molar-refractivity contribution is 0.390. The van der Waals surface area contributed by atoms with Crippen molar-refractivity contribution in [2.75, 3.05) is 5.43 Å². The zero-order valence-corrected chi connectivity index (χ0v) is 12.8. The molecule has 2 aliphatic rings. The smallest absolute Gasteiger partial charge is 0.242 e. The highest BCUT2D eigenvalue weighted by Gasteiger charge is 2.39. The lowest BCUT2D eigenvalue weighted by Gasteiger charge is -2.24. The molecule has 2 saturated carbocycles. The van der Waals surface area contributed by atoms with Gasteiger partial charge in [-0.15, -0.1) is 0 Å². The van der Waals surface area contributed by atoms with E-state index in [9.17, 15) is 0 Å². The van der Waals surface area contributed by atoms with Gasteiger partial charge < -0.3 is 5.32 Å². The predicted molar refractivity (Wildman–Crippen MR) is 83.2 cm³/mol. The third-order valence-corrected chi connectivity index (χ3v) is 4.54. The summed E-state index contributed by atoms with van der Waals surface area (Å²) in [5.74, 6) is 2.27. The van der Waals surface area contributed by atoms with Crippen molar-refractivity contribution in [2.24, 2.45) is 11.8 Å². The van der Waals surface area contributed by atoms with Crippen LogP contribution in [0.5, 0.6) is 0 Å². The van der Waals surface area contributed by atoms with Gasteiger partial charge in [-0.05, 0) is 63.2 Å². The minimum atomic E-state index is 0.538. The molecule has 0 aliphatic heterocycles. The lowest BCUT2D eigenvalue weighted by Crippen LogP contribution is -2.46. The number of aromatic nitrogens is 2. The maximum Gasteiger partial charge on any atom is 0.242 e. The summed E-state index contributed by atoms with van der Waals surface area (Å²) in [7, 11) is 0. The van der Waals surface area contributed by atoms with Crippen LogP contribution in [0.15, 0.2) is 6.07 Å². The zero-order valence-electron chi connectivity index (χ0n) is 11.9. The first-order valence-electron chi connectivity index (χ1n) is 7.25. The van der Waals surface area contributed by atoms with Crippen LogP contribution in [0.25, 0.3) is 0 Å². The molecule has 2 bridgehead atoms. The Labute approximate surface area is 124 Å². The fraction of sp³-hybridized carbons (Fsp3) is 0.643. The van der Waals surface area contributed by atoms with E-state index in [1.807, 2.05) is 19.9 Å². The molecule has 2 aliphatic carbocycles. The van der Waals surface area contributed by atoms with E-state index in [4.69, 9.17) is 12.2 Å². The first kappa shape index (κ1) is 13.5. The number of anilines is 1. The monoisotopic (exact) mass is 291 g/mol. The molecule has 0 aromatic carbocycles. The minimum absolute atomic E-state index is 0.538. The van der Waals surface area contributed by atoms with Crippen LogP contribution in [0.3, 0.4) is 0 Å². The average molecular weight is 291 g/mol. The molecule has 0 unspecified atom stereocenters. The molecule has 1 aromatic heterocycles. The van der Waals surface area contributed by atoms with Gasteiger partial charge in [0.05, 0.1) is 0 Å². The molecule has 3 N–H and O–H groups in total. The molecular weight excluding hydrogens is 270 g/mol. The van der Waals surface area contributed by atoms with Crippen molar-refractivity contribution in [3.63, 3.8) is 0 Å². The summed E-state index contributed by atoms with van der Waals surface area (Å²) < 4.78 is 0. The van der Waals surface area contributed by atoms with E-state index in [0.717, 1.165) is 23.2 Å². The quantitative estimate of drug-likeness (QED) is 0.585. The van der Waals surface area contributed by atoms with Crippen molar-refractivity contribution < 1.29 is 0 Å². The Morgan fingerprint density at radius 1 is 1.20 bits per heavy atom. The maximum atomic E-state index is 5.33. The molecule has 3 rings (SSSR count). The fourth-order valence-electron chi connectivity index (χ4n) is 3.52. The molecule has 0 amide bonds. The summed E-state index contributed by atoms with van der Waals surface area (Å²) in [6, 6.07) is 2.48. The molecule has 20 heavy (non-hydrogen) atoms. The van der Waals surface area contributed by atoms with E-state index in [1.165, 1.54) is 25.7 Å². The van der Waals surface area contributed by atoms with E-state index in [-0.39, 0.29) is 0 Å². The number of hydrogen-bond acceptors (Lipinski definition) is 4. The number of rotatable bonds is 3. The summed E-state index contributed by atoms with van der Waals surface area (Å²) in [6.45, 7) is 3.90. The highest BCUT2D eigenvalue weighted by molar-refractivity contribution is 7.80. The topological polar surface area (TPSA) is 61.9 Å². The van der Waals surface area contributed by atoms with Crippen molar-refractivity contribution in [3.05, 3.63) is 17.5 Å². The molecule has 0 spiro atoms. The zero-order chi connectivity index (χ0) is 14.1. The van der Waals surface area contributed by atoms with Crippen LogP contribution in [0, 0.1) is 25.7 Å². The van der Waals surface area contributed by atoms with Gasteiger partial charge in [0, 0.05) is 17.4 Å². The highest BCUT2D eigenvalue weighted by Crippen LogP contribution is 2.44. The van der Waals surface area contributed by atoms with Crippen molar-refractivity contribution in [2.45, 2.75) is 45.6 Å². The van der Waals surface area contributed by atoms with Crippen LogP contribution in [-0.4, -0.2) is 21.1 Å². The molecule has 108 valence electrons. The summed E-state index contributed by atoms with van der Waals surface area (Å²) >= 11 is 5.33. The first-order valence-corrected chi connectivity index (χ1v) is 7.66. The highest BCUT2D eigenvalue weighted by atomic mass is 32.1. The van der Waals surface area contributed by atoms with Crippen LogP contribution >= 0.6 is 12.2 Å². The molecule has 0 radical (unpaired) electrons. The Morgan fingerprint density at radius 2 is 1.95 bits per heavy atom. The van der Waals surface area contributed by atoms with Gasteiger partial charge in [0.1, 0.15) is 0 Å². The second-order valence-electron chi connectivity index (χ2n) is 5.98. The van der Waals surface area contributed by atoms with Gasteiger partial charge in [0.15, 0.2) is 5.11 Å². The Kier molecular flexibility index (Phi) is 3.74. The number of fused-ring (bicyclic) bond motifs is 2. The molecule has 2 fully saturated rings. The Hall–Kier alpha value is -1.43. The molecule has 5 nitrogen and oxygen atoms in total. The maximum absolute atomic E-state index is 5.33. The van der Waals surface area contributed by atoms with Crippen molar-refractivity contribution >= 4 is 23.3 Å². The molecule has 0 saturated heterocycles. The lowest BCUT2D eigenvalue weighted by atomic mass is 9.96. The molecule has 3 atom stereocenters. The van der Waals surface area contributed by atoms with Gasteiger partial charge in [-0.2, -0.15) is 0 Å². The normalized spacial score (nSPS) is 27.4. The summed E-state index contributed by atoms with van der Waals surface area (Å²) in [5, 5.41) is 4.04. The SMILES string of the molecule is Cc1cc(C)nc(NNC(=S)N[C@H]2C[C@H]3CC[C@H]2C3)n1. The van der Waals surface area contributed by atoms with Crippen molar-refractivity contribution in [3.8, 4) is 0 Å². The largest absolute Gasteiger partial charge is 0.358 e. The number of hydrazine groups is 1. The van der Waals surface area contributed by atoms with Gasteiger partial charge in [0.2, 0.25) is 5.95 Å². The van der Waals surface area contributed by atoms with Crippen LogP contribution in [-0.2, 0) is 0 Å². The van der Waals surface area contributed by atoms with Gasteiger partial charge in [-0.3, -0.25) is 10.9 Å². The van der Waals surface area contributed by atoms with Gasteiger partial charge in [-0.25, -0.2) is 9.97 Å². The number of nitrogens with zero attached hydrogens (tertiary/aromatic N) is 2. The number of nitrogens with one attached hydrogen (secondary N) is 3.